The van der Waals surface area contributed by atoms with Gasteiger partial charge in [0.15, 0.2) is 0 Å². The van der Waals surface area contributed by atoms with Crippen LogP contribution in [-0.2, 0) is 0 Å². The number of pyridine rings is 1. The molecule has 0 saturated carbocycles. The Hall–Kier alpha value is -4.07. The Morgan fingerprint density at radius 3 is 2.50 bits per heavy atom. The zero-order chi connectivity index (χ0) is 24.6. The Morgan fingerprint density at radius 2 is 1.78 bits per heavy atom. The highest BCUT2D eigenvalue weighted by molar-refractivity contribution is 8.02. The van der Waals surface area contributed by atoms with Crippen LogP contribution in [-0.4, -0.2) is 28.1 Å². The number of nitrogens with one attached hydrogen (secondary N) is 1. The maximum Gasteiger partial charge on any atom is 0.335 e. The van der Waals surface area contributed by atoms with E-state index < -0.39 is 5.97 Å². The Kier molecular flexibility index (Phi) is 5.71. The topological polar surface area (TPSA) is 69.2 Å². The molecule has 5 nitrogen and oxygen atoms in total. The lowest BCUT2D eigenvalue weighted by Crippen LogP contribution is -2.05. The highest BCUT2D eigenvalue weighted by Gasteiger charge is 2.18. The van der Waals surface area contributed by atoms with Gasteiger partial charge in [0.2, 0.25) is 0 Å². The third kappa shape index (κ3) is 4.02. The highest BCUT2D eigenvalue weighted by atomic mass is 32.2. The molecule has 3 aromatic carbocycles. The van der Waals surface area contributed by atoms with E-state index in [9.17, 15) is 9.90 Å². The lowest BCUT2D eigenvalue weighted by atomic mass is 9.92. The zero-order valence-electron chi connectivity index (χ0n) is 19.3. The maximum atomic E-state index is 11.4. The van der Waals surface area contributed by atoms with Crippen molar-refractivity contribution >= 4 is 56.9 Å². The highest BCUT2D eigenvalue weighted by Crippen LogP contribution is 2.42. The molecule has 0 saturated heterocycles. The van der Waals surface area contributed by atoms with Crippen molar-refractivity contribution in [1.29, 1.82) is 0 Å². The first-order valence-electron chi connectivity index (χ1n) is 11.4. The SMILES string of the molecule is CN(Sc1cccs1)c1ccc2[nH]c3ncc(-c4ccc(C(=O)O)cc4)c(-c4ccccc4)c3c2c1. The van der Waals surface area contributed by atoms with Gasteiger partial charge in [-0.05, 0) is 64.9 Å². The number of aromatic amines is 1. The number of thiophene rings is 1. The van der Waals surface area contributed by atoms with E-state index in [1.165, 1.54) is 4.21 Å². The van der Waals surface area contributed by atoms with Crippen LogP contribution in [0.4, 0.5) is 5.69 Å². The van der Waals surface area contributed by atoms with E-state index in [2.05, 4.69) is 64.2 Å². The smallest absolute Gasteiger partial charge is 0.335 e. The van der Waals surface area contributed by atoms with Crippen LogP contribution >= 0.6 is 23.3 Å². The summed E-state index contributed by atoms with van der Waals surface area (Å²) in [7, 11) is 2.08. The number of aromatic nitrogens is 2. The van der Waals surface area contributed by atoms with Gasteiger partial charge < -0.3 is 14.4 Å². The average molecular weight is 508 g/mol. The summed E-state index contributed by atoms with van der Waals surface area (Å²) in [6, 6.07) is 27.9. The van der Waals surface area contributed by atoms with Crippen molar-refractivity contribution in [3.63, 3.8) is 0 Å². The molecule has 3 aromatic heterocycles. The predicted molar refractivity (Wildman–Crippen MR) is 150 cm³/mol. The summed E-state index contributed by atoms with van der Waals surface area (Å²) in [5, 5.41) is 13.6. The Morgan fingerprint density at radius 1 is 0.972 bits per heavy atom. The summed E-state index contributed by atoms with van der Waals surface area (Å²) >= 11 is 3.43. The quantitative estimate of drug-likeness (QED) is 0.224. The number of carboxylic acids is 1. The summed E-state index contributed by atoms with van der Waals surface area (Å²) in [6.07, 6.45) is 1.87. The van der Waals surface area contributed by atoms with Crippen LogP contribution in [0.2, 0.25) is 0 Å². The Balaban J connectivity index is 1.57. The van der Waals surface area contributed by atoms with Crippen LogP contribution in [0.3, 0.4) is 0 Å². The second kappa shape index (κ2) is 9.18. The summed E-state index contributed by atoms with van der Waals surface area (Å²) in [5.41, 5.74) is 7.22. The molecule has 0 unspecified atom stereocenters. The number of rotatable bonds is 6. The standard InChI is InChI=1S/C29H21N3O2S2/c1-32(36-25-8-5-15-35-25)21-13-14-24-22(16-21)27-26(19-6-3-2-4-7-19)23(17-30-28(27)31-24)18-9-11-20(12-10-18)29(33)34/h2-17H,1H3,(H,30,31)(H,33,34). The number of fused-ring (bicyclic) bond motifs is 3. The molecule has 0 aliphatic carbocycles. The van der Waals surface area contributed by atoms with Gasteiger partial charge in [0.1, 0.15) is 5.65 Å². The summed E-state index contributed by atoms with van der Waals surface area (Å²) in [6.45, 7) is 0. The van der Waals surface area contributed by atoms with E-state index in [1.807, 2.05) is 36.5 Å². The number of H-pyrrole nitrogens is 1. The normalized spacial score (nSPS) is 11.2. The fourth-order valence-corrected chi connectivity index (χ4v) is 6.21. The van der Waals surface area contributed by atoms with Crippen molar-refractivity contribution in [2.24, 2.45) is 0 Å². The summed E-state index contributed by atoms with van der Waals surface area (Å²) in [4.78, 5) is 19.7. The number of anilines is 1. The summed E-state index contributed by atoms with van der Waals surface area (Å²) < 4.78 is 3.41. The number of carbonyl (C=O) groups is 1. The molecular formula is C29H21N3O2S2. The van der Waals surface area contributed by atoms with Gasteiger partial charge in [0.25, 0.3) is 0 Å². The molecule has 0 spiro atoms. The molecule has 6 rings (SSSR count). The molecule has 6 aromatic rings. The molecule has 36 heavy (non-hydrogen) atoms. The number of hydrogen-bond donors (Lipinski definition) is 2. The fourth-order valence-electron chi connectivity index (χ4n) is 4.46. The first-order chi connectivity index (χ1) is 17.6. The molecule has 0 bridgehead atoms. The third-order valence-electron chi connectivity index (χ3n) is 6.20. The van der Waals surface area contributed by atoms with Crippen molar-refractivity contribution in [3.8, 4) is 22.3 Å². The first-order valence-corrected chi connectivity index (χ1v) is 13.0. The minimum atomic E-state index is -0.938. The van der Waals surface area contributed by atoms with Crippen LogP contribution in [0.5, 0.6) is 0 Å². The van der Waals surface area contributed by atoms with Crippen LogP contribution < -0.4 is 4.31 Å². The maximum absolute atomic E-state index is 11.4. The lowest BCUT2D eigenvalue weighted by Gasteiger charge is -2.17. The van der Waals surface area contributed by atoms with Crippen molar-refractivity contribution in [1.82, 2.24) is 9.97 Å². The Labute approximate surface area is 216 Å². The molecule has 7 heteroatoms. The van der Waals surface area contributed by atoms with E-state index in [0.717, 1.165) is 49.9 Å². The monoisotopic (exact) mass is 507 g/mol. The van der Waals surface area contributed by atoms with Crippen LogP contribution in [0.1, 0.15) is 10.4 Å². The number of hydrogen-bond acceptors (Lipinski definition) is 5. The predicted octanol–water partition coefficient (Wildman–Crippen LogP) is 7.95. The molecule has 0 atom stereocenters. The van der Waals surface area contributed by atoms with Crippen molar-refractivity contribution in [2.45, 2.75) is 4.21 Å². The minimum Gasteiger partial charge on any atom is -0.478 e. The van der Waals surface area contributed by atoms with Crippen molar-refractivity contribution in [2.75, 3.05) is 11.4 Å². The largest absolute Gasteiger partial charge is 0.478 e. The van der Waals surface area contributed by atoms with Gasteiger partial charge in [-0.1, -0.05) is 48.5 Å². The van der Waals surface area contributed by atoms with Gasteiger partial charge in [-0.2, -0.15) is 0 Å². The molecule has 0 amide bonds. The fraction of sp³-hybridized carbons (Fsp3) is 0.0345. The average Bonchev–Trinajstić information content (AvgIpc) is 3.56. The van der Waals surface area contributed by atoms with Crippen molar-refractivity contribution < 1.29 is 9.90 Å². The van der Waals surface area contributed by atoms with E-state index in [0.29, 0.717) is 0 Å². The van der Waals surface area contributed by atoms with E-state index >= 15 is 0 Å². The van der Waals surface area contributed by atoms with Gasteiger partial charge in [-0.25, -0.2) is 9.78 Å². The third-order valence-corrected chi connectivity index (χ3v) is 8.17. The van der Waals surface area contributed by atoms with E-state index in [-0.39, 0.29) is 5.56 Å². The molecule has 0 fully saturated rings. The van der Waals surface area contributed by atoms with Crippen LogP contribution in [0.25, 0.3) is 44.2 Å². The molecular weight excluding hydrogens is 486 g/mol. The first kappa shape index (κ1) is 22.4. The van der Waals surface area contributed by atoms with Crippen LogP contribution in [0.15, 0.2) is 101 Å². The number of aromatic carboxylic acids is 1. The molecule has 0 radical (unpaired) electrons. The second-order valence-corrected chi connectivity index (χ2v) is 10.8. The lowest BCUT2D eigenvalue weighted by molar-refractivity contribution is 0.0697. The number of carboxylic acid groups (broad SMARTS) is 1. The van der Waals surface area contributed by atoms with Gasteiger partial charge in [-0.3, -0.25) is 0 Å². The zero-order valence-corrected chi connectivity index (χ0v) is 20.9. The Bertz CT molecular complexity index is 1690. The number of nitrogens with zero attached hydrogens (tertiary/aromatic N) is 2. The van der Waals surface area contributed by atoms with E-state index in [4.69, 9.17) is 4.98 Å². The second-order valence-electron chi connectivity index (χ2n) is 8.39. The molecule has 0 aliphatic rings. The van der Waals surface area contributed by atoms with Gasteiger partial charge in [0.05, 0.1) is 9.77 Å². The van der Waals surface area contributed by atoms with Gasteiger partial charge in [0, 0.05) is 46.3 Å². The molecule has 2 N–H and O–H groups in total. The van der Waals surface area contributed by atoms with Crippen LogP contribution in [0, 0.1) is 0 Å². The van der Waals surface area contributed by atoms with Gasteiger partial charge in [-0.15, -0.1) is 11.3 Å². The van der Waals surface area contributed by atoms with E-state index in [1.54, 1.807) is 35.4 Å². The summed E-state index contributed by atoms with van der Waals surface area (Å²) in [5.74, 6) is -0.938. The minimum absolute atomic E-state index is 0.261. The van der Waals surface area contributed by atoms with Gasteiger partial charge >= 0.3 is 5.97 Å². The molecule has 3 heterocycles. The number of benzene rings is 3. The van der Waals surface area contributed by atoms with Crippen molar-refractivity contribution in [3.05, 3.63) is 102 Å². The molecule has 0 aliphatic heterocycles. The molecule has 176 valence electrons.